The normalized spacial score (nSPS) is 24.9. The average molecular weight is 240 g/mol. The van der Waals surface area contributed by atoms with Gasteiger partial charge in [-0.3, -0.25) is 0 Å². The third kappa shape index (κ3) is 5.42. The van der Waals surface area contributed by atoms with Gasteiger partial charge in [0.15, 0.2) is 0 Å². The Labute approximate surface area is 108 Å². The van der Waals surface area contributed by atoms with Gasteiger partial charge in [-0.1, -0.05) is 34.6 Å². The van der Waals surface area contributed by atoms with Gasteiger partial charge in [-0.2, -0.15) is 0 Å². The maximum atomic E-state index is 10.3. The van der Waals surface area contributed by atoms with Crippen molar-refractivity contribution >= 4 is 0 Å². The average Bonchev–Trinajstić information content (AvgIpc) is 2.15. The first-order valence-electron chi connectivity index (χ1n) is 7.48. The Balaban J connectivity index is 2.31. The summed E-state index contributed by atoms with van der Waals surface area (Å²) in [4.78, 5) is 0. The molecule has 2 unspecified atom stereocenters. The van der Waals surface area contributed by atoms with Crippen LogP contribution in [0.15, 0.2) is 0 Å². The van der Waals surface area contributed by atoms with E-state index in [1.165, 1.54) is 32.1 Å². The Morgan fingerprint density at radius 2 is 1.59 bits per heavy atom. The van der Waals surface area contributed by atoms with Gasteiger partial charge in [0.25, 0.3) is 0 Å². The van der Waals surface area contributed by atoms with Crippen molar-refractivity contribution in [3.63, 3.8) is 0 Å². The molecule has 0 amide bonds. The van der Waals surface area contributed by atoms with E-state index in [0.717, 1.165) is 12.3 Å². The van der Waals surface area contributed by atoms with E-state index in [2.05, 4.69) is 34.6 Å². The molecule has 1 N–H and O–H groups in total. The maximum Gasteiger partial charge on any atom is 0.0570 e. The zero-order valence-corrected chi connectivity index (χ0v) is 12.5. The Bertz CT molecular complexity index is 210. The molecule has 0 aliphatic heterocycles. The first-order valence-corrected chi connectivity index (χ1v) is 7.48. The molecule has 1 aliphatic carbocycles. The minimum atomic E-state index is -0.0557. The lowest BCUT2D eigenvalue weighted by Crippen LogP contribution is -2.30. The first kappa shape index (κ1) is 15.0. The van der Waals surface area contributed by atoms with E-state index >= 15 is 0 Å². The molecule has 1 heteroatoms. The molecule has 0 heterocycles. The van der Waals surface area contributed by atoms with Crippen molar-refractivity contribution in [2.75, 3.05) is 0 Å². The van der Waals surface area contributed by atoms with Crippen molar-refractivity contribution in [2.24, 2.45) is 23.2 Å². The van der Waals surface area contributed by atoms with Crippen LogP contribution in [0, 0.1) is 23.2 Å². The lowest BCUT2D eigenvalue weighted by Gasteiger charge is -2.37. The van der Waals surface area contributed by atoms with Crippen LogP contribution in [0.3, 0.4) is 0 Å². The van der Waals surface area contributed by atoms with Crippen molar-refractivity contribution in [1.29, 1.82) is 0 Å². The van der Waals surface area contributed by atoms with Gasteiger partial charge < -0.3 is 5.11 Å². The van der Waals surface area contributed by atoms with Crippen LogP contribution in [0.5, 0.6) is 0 Å². The summed E-state index contributed by atoms with van der Waals surface area (Å²) in [6.45, 7) is 11.5. The van der Waals surface area contributed by atoms with E-state index in [9.17, 15) is 5.11 Å². The lowest BCUT2D eigenvalue weighted by atomic mass is 9.70. The molecule has 0 aromatic heterocycles. The van der Waals surface area contributed by atoms with Crippen LogP contribution < -0.4 is 0 Å². The molecule has 102 valence electrons. The van der Waals surface area contributed by atoms with Crippen molar-refractivity contribution in [2.45, 2.75) is 79.2 Å². The van der Waals surface area contributed by atoms with Gasteiger partial charge in [-0.25, -0.2) is 0 Å². The number of hydrogen-bond acceptors (Lipinski definition) is 1. The van der Waals surface area contributed by atoms with Crippen LogP contribution >= 0.6 is 0 Å². The Morgan fingerprint density at radius 1 is 1.06 bits per heavy atom. The van der Waals surface area contributed by atoms with E-state index in [0.29, 0.717) is 17.3 Å². The SMILES string of the molecule is CC(C)CC(C)CC(O)C1CCC(C)(C)CC1. The standard InChI is InChI=1S/C16H32O/c1-12(2)10-13(3)11-15(17)14-6-8-16(4,5)9-7-14/h12-15,17H,6-11H2,1-5H3. The second-order valence-electron chi connectivity index (χ2n) is 7.54. The van der Waals surface area contributed by atoms with E-state index in [-0.39, 0.29) is 6.10 Å². The summed E-state index contributed by atoms with van der Waals surface area (Å²) in [7, 11) is 0. The van der Waals surface area contributed by atoms with Crippen molar-refractivity contribution < 1.29 is 5.11 Å². The van der Waals surface area contributed by atoms with Gasteiger partial charge in [-0.15, -0.1) is 0 Å². The number of rotatable bonds is 5. The lowest BCUT2D eigenvalue weighted by molar-refractivity contribution is 0.0397. The van der Waals surface area contributed by atoms with Crippen molar-refractivity contribution in [3.05, 3.63) is 0 Å². The molecule has 0 radical (unpaired) electrons. The molecular weight excluding hydrogens is 208 g/mol. The van der Waals surface area contributed by atoms with Gasteiger partial charge in [0.05, 0.1) is 6.10 Å². The fourth-order valence-electron chi connectivity index (χ4n) is 3.31. The molecule has 1 saturated carbocycles. The van der Waals surface area contributed by atoms with Gasteiger partial charge in [0.1, 0.15) is 0 Å². The Hall–Kier alpha value is -0.0400. The Kier molecular flexibility index (Phi) is 5.50. The number of aliphatic hydroxyl groups is 1. The zero-order chi connectivity index (χ0) is 13.1. The smallest absolute Gasteiger partial charge is 0.0570 e. The summed E-state index contributed by atoms with van der Waals surface area (Å²) in [6.07, 6.45) is 7.21. The van der Waals surface area contributed by atoms with E-state index in [4.69, 9.17) is 0 Å². The van der Waals surface area contributed by atoms with Crippen LogP contribution in [-0.2, 0) is 0 Å². The second kappa shape index (κ2) is 6.22. The van der Waals surface area contributed by atoms with Crippen LogP contribution in [0.25, 0.3) is 0 Å². The van der Waals surface area contributed by atoms with Crippen LogP contribution in [0.4, 0.5) is 0 Å². The predicted molar refractivity (Wildman–Crippen MR) is 75.0 cm³/mol. The highest BCUT2D eigenvalue weighted by Crippen LogP contribution is 2.40. The van der Waals surface area contributed by atoms with Gasteiger partial charge in [-0.05, 0) is 61.7 Å². The molecule has 1 rings (SSSR count). The molecule has 0 aromatic rings. The number of hydrogen-bond donors (Lipinski definition) is 1. The Morgan fingerprint density at radius 3 is 2.06 bits per heavy atom. The fourth-order valence-corrected chi connectivity index (χ4v) is 3.31. The summed E-state index contributed by atoms with van der Waals surface area (Å²) >= 11 is 0. The quantitative estimate of drug-likeness (QED) is 0.742. The van der Waals surface area contributed by atoms with Gasteiger partial charge >= 0.3 is 0 Å². The highest BCUT2D eigenvalue weighted by Gasteiger charge is 2.31. The maximum absolute atomic E-state index is 10.3. The monoisotopic (exact) mass is 240 g/mol. The molecular formula is C16H32O. The highest BCUT2D eigenvalue weighted by atomic mass is 16.3. The summed E-state index contributed by atoms with van der Waals surface area (Å²) in [5.41, 5.74) is 0.514. The van der Waals surface area contributed by atoms with Gasteiger partial charge in [0.2, 0.25) is 0 Å². The highest BCUT2D eigenvalue weighted by molar-refractivity contribution is 4.82. The molecule has 0 bridgehead atoms. The minimum Gasteiger partial charge on any atom is -0.393 e. The summed E-state index contributed by atoms with van der Waals surface area (Å²) in [5.74, 6) is 1.99. The molecule has 1 aliphatic rings. The van der Waals surface area contributed by atoms with E-state index in [1.54, 1.807) is 0 Å². The molecule has 0 spiro atoms. The summed E-state index contributed by atoms with van der Waals surface area (Å²) in [5, 5.41) is 10.3. The minimum absolute atomic E-state index is 0.0557. The largest absolute Gasteiger partial charge is 0.393 e. The molecule has 1 fully saturated rings. The van der Waals surface area contributed by atoms with E-state index < -0.39 is 0 Å². The molecule has 17 heavy (non-hydrogen) atoms. The van der Waals surface area contributed by atoms with Crippen LogP contribution in [0.2, 0.25) is 0 Å². The molecule has 0 saturated heterocycles. The third-order valence-corrected chi connectivity index (χ3v) is 4.45. The fraction of sp³-hybridized carbons (Fsp3) is 1.00. The summed E-state index contributed by atoms with van der Waals surface area (Å²) < 4.78 is 0. The molecule has 2 atom stereocenters. The molecule has 1 nitrogen and oxygen atoms in total. The first-order chi connectivity index (χ1) is 7.80. The van der Waals surface area contributed by atoms with Crippen molar-refractivity contribution in [1.82, 2.24) is 0 Å². The van der Waals surface area contributed by atoms with Gasteiger partial charge in [0, 0.05) is 0 Å². The second-order valence-corrected chi connectivity index (χ2v) is 7.54. The predicted octanol–water partition coefficient (Wildman–Crippen LogP) is 4.64. The number of aliphatic hydroxyl groups excluding tert-OH is 1. The van der Waals surface area contributed by atoms with Crippen molar-refractivity contribution in [3.8, 4) is 0 Å². The van der Waals surface area contributed by atoms with Crippen LogP contribution in [0.1, 0.15) is 73.1 Å². The zero-order valence-electron chi connectivity index (χ0n) is 12.5. The molecule has 0 aromatic carbocycles. The third-order valence-electron chi connectivity index (χ3n) is 4.45. The van der Waals surface area contributed by atoms with Crippen LogP contribution in [-0.4, -0.2) is 11.2 Å². The summed E-state index contributed by atoms with van der Waals surface area (Å²) in [6, 6.07) is 0. The topological polar surface area (TPSA) is 20.2 Å². The van der Waals surface area contributed by atoms with E-state index in [1.807, 2.05) is 0 Å².